The molecule has 0 bridgehead atoms. The van der Waals surface area contributed by atoms with Crippen LogP contribution in [0.25, 0.3) is 0 Å². The van der Waals surface area contributed by atoms with Crippen molar-refractivity contribution in [1.82, 2.24) is 0 Å². The van der Waals surface area contributed by atoms with Crippen LogP contribution in [0.5, 0.6) is 0 Å². The topological polar surface area (TPSA) is 40.5 Å². The van der Waals surface area contributed by atoms with Crippen molar-refractivity contribution in [2.45, 2.75) is 6.61 Å². The van der Waals surface area contributed by atoms with E-state index in [-0.39, 0.29) is 6.61 Å². The van der Waals surface area contributed by atoms with Gasteiger partial charge in [0.15, 0.2) is 0 Å². The number of aliphatic hydroxyl groups is 2. The van der Waals surface area contributed by atoms with E-state index in [1.54, 1.807) is 0 Å². The van der Waals surface area contributed by atoms with Crippen LogP contribution in [0, 0.1) is 3.57 Å². The maximum Gasteiger partial charge on any atom is 0.0682 e. The first-order valence-electron chi connectivity index (χ1n) is 3.13. The predicted molar refractivity (Wildman–Crippen MR) is 53.2 cm³/mol. The highest BCUT2D eigenvalue weighted by atomic mass is 127. The summed E-state index contributed by atoms with van der Waals surface area (Å²) >= 11 is 2.22. The third-order valence-corrected chi connectivity index (χ3v) is 1.74. The summed E-state index contributed by atoms with van der Waals surface area (Å²) in [5.41, 5.74) is 0.974. The minimum atomic E-state index is 0.136. The third-order valence-electron chi connectivity index (χ3n) is 1.07. The zero-order valence-electron chi connectivity index (χ0n) is 6.29. The van der Waals surface area contributed by atoms with Crippen molar-refractivity contribution >= 4 is 22.6 Å². The van der Waals surface area contributed by atoms with Gasteiger partial charge in [0, 0.05) is 10.7 Å². The molecule has 2 N–H and O–H groups in total. The van der Waals surface area contributed by atoms with Crippen LogP contribution in [-0.4, -0.2) is 17.3 Å². The van der Waals surface area contributed by atoms with Crippen molar-refractivity contribution in [2.75, 3.05) is 7.11 Å². The van der Waals surface area contributed by atoms with Crippen LogP contribution in [0.1, 0.15) is 5.56 Å². The average molecular weight is 266 g/mol. The van der Waals surface area contributed by atoms with Crippen LogP contribution >= 0.6 is 22.6 Å². The average Bonchev–Trinajstić information content (AvgIpc) is 2.08. The van der Waals surface area contributed by atoms with Gasteiger partial charge in [-0.25, -0.2) is 0 Å². The van der Waals surface area contributed by atoms with Gasteiger partial charge in [-0.1, -0.05) is 12.1 Å². The molecule has 0 aliphatic heterocycles. The van der Waals surface area contributed by atoms with Gasteiger partial charge in [0.05, 0.1) is 6.61 Å². The van der Waals surface area contributed by atoms with Crippen molar-refractivity contribution in [2.24, 2.45) is 0 Å². The second-order valence-electron chi connectivity index (χ2n) is 1.79. The Labute approximate surface area is 80.0 Å². The van der Waals surface area contributed by atoms with E-state index in [2.05, 4.69) is 22.6 Å². The normalized spacial score (nSPS) is 8.36. The molecule has 0 radical (unpaired) electrons. The SMILES string of the molecule is CO.OCc1cccc(I)c1. The molecular weight excluding hydrogens is 255 g/mol. The monoisotopic (exact) mass is 266 g/mol. The first-order valence-corrected chi connectivity index (χ1v) is 4.21. The third kappa shape index (κ3) is 4.34. The van der Waals surface area contributed by atoms with Crippen molar-refractivity contribution < 1.29 is 10.2 Å². The molecule has 0 unspecified atom stereocenters. The van der Waals surface area contributed by atoms with E-state index in [1.165, 1.54) is 3.57 Å². The lowest BCUT2D eigenvalue weighted by atomic mass is 10.2. The fourth-order valence-electron chi connectivity index (χ4n) is 0.635. The Morgan fingerprint density at radius 3 is 2.36 bits per heavy atom. The van der Waals surface area contributed by atoms with E-state index in [4.69, 9.17) is 10.2 Å². The van der Waals surface area contributed by atoms with Crippen LogP contribution in [0.3, 0.4) is 0 Å². The van der Waals surface area contributed by atoms with Crippen molar-refractivity contribution in [3.8, 4) is 0 Å². The van der Waals surface area contributed by atoms with E-state index in [1.807, 2.05) is 24.3 Å². The quantitative estimate of drug-likeness (QED) is 0.754. The van der Waals surface area contributed by atoms with Crippen LogP contribution in [0.2, 0.25) is 0 Å². The van der Waals surface area contributed by atoms with Gasteiger partial charge in [-0.05, 0) is 40.3 Å². The number of hydrogen-bond acceptors (Lipinski definition) is 2. The second-order valence-corrected chi connectivity index (χ2v) is 3.03. The van der Waals surface area contributed by atoms with Gasteiger partial charge in [-0.3, -0.25) is 0 Å². The molecule has 0 atom stereocenters. The lowest BCUT2D eigenvalue weighted by molar-refractivity contribution is 0.282. The molecular formula is C8H11IO2. The Kier molecular flexibility index (Phi) is 6.49. The number of benzene rings is 1. The molecule has 0 spiro atoms. The number of hydrogen-bond donors (Lipinski definition) is 2. The molecule has 1 aromatic rings. The minimum Gasteiger partial charge on any atom is -0.400 e. The molecule has 0 aromatic heterocycles. The maximum atomic E-state index is 8.66. The number of rotatable bonds is 1. The maximum absolute atomic E-state index is 8.66. The summed E-state index contributed by atoms with van der Waals surface area (Å²) in [6, 6.07) is 7.80. The fraction of sp³-hybridized carbons (Fsp3) is 0.250. The van der Waals surface area contributed by atoms with Gasteiger partial charge in [0.2, 0.25) is 0 Å². The van der Waals surface area contributed by atoms with Crippen LogP contribution in [0.4, 0.5) is 0 Å². The van der Waals surface area contributed by atoms with Gasteiger partial charge in [0.1, 0.15) is 0 Å². The predicted octanol–water partition coefficient (Wildman–Crippen LogP) is 1.39. The van der Waals surface area contributed by atoms with E-state index in [0.29, 0.717) is 0 Å². The molecule has 1 aromatic carbocycles. The van der Waals surface area contributed by atoms with Gasteiger partial charge >= 0.3 is 0 Å². The van der Waals surface area contributed by atoms with Crippen molar-refractivity contribution in [1.29, 1.82) is 0 Å². The zero-order valence-corrected chi connectivity index (χ0v) is 8.45. The molecule has 62 valence electrons. The zero-order chi connectivity index (χ0) is 8.69. The van der Waals surface area contributed by atoms with E-state index in [9.17, 15) is 0 Å². The molecule has 3 heteroatoms. The molecule has 0 amide bonds. The summed E-state index contributed by atoms with van der Waals surface area (Å²) < 4.78 is 1.17. The summed E-state index contributed by atoms with van der Waals surface area (Å²) in [6.07, 6.45) is 0. The summed E-state index contributed by atoms with van der Waals surface area (Å²) in [6.45, 7) is 0.136. The van der Waals surface area contributed by atoms with E-state index in [0.717, 1.165) is 12.7 Å². The largest absolute Gasteiger partial charge is 0.400 e. The lowest BCUT2D eigenvalue weighted by Crippen LogP contribution is -1.81. The Morgan fingerprint density at radius 1 is 1.36 bits per heavy atom. The molecule has 0 saturated carbocycles. The Balaban J connectivity index is 0.000000461. The van der Waals surface area contributed by atoms with Crippen molar-refractivity contribution in [3.63, 3.8) is 0 Å². The van der Waals surface area contributed by atoms with Crippen LogP contribution < -0.4 is 0 Å². The molecule has 0 fully saturated rings. The summed E-state index contributed by atoms with van der Waals surface area (Å²) in [4.78, 5) is 0. The van der Waals surface area contributed by atoms with Gasteiger partial charge in [-0.2, -0.15) is 0 Å². The van der Waals surface area contributed by atoms with Crippen molar-refractivity contribution in [3.05, 3.63) is 33.4 Å². The Bertz CT molecular complexity index is 201. The van der Waals surface area contributed by atoms with Gasteiger partial charge < -0.3 is 10.2 Å². The highest BCUT2D eigenvalue weighted by Gasteiger charge is 1.88. The summed E-state index contributed by atoms with van der Waals surface area (Å²) in [7, 11) is 1.00. The molecule has 0 saturated heterocycles. The van der Waals surface area contributed by atoms with E-state index >= 15 is 0 Å². The van der Waals surface area contributed by atoms with E-state index < -0.39 is 0 Å². The molecule has 1 rings (SSSR count). The Hall–Kier alpha value is -0.130. The summed E-state index contributed by atoms with van der Waals surface area (Å²) in [5.74, 6) is 0. The lowest BCUT2D eigenvalue weighted by Gasteiger charge is -1.93. The minimum absolute atomic E-state index is 0.136. The first-order chi connectivity index (χ1) is 5.33. The fourth-order valence-corrected chi connectivity index (χ4v) is 1.24. The van der Waals surface area contributed by atoms with Crippen LogP contribution in [-0.2, 0) is 6.61 Å². The molecule has 0 heterocycles. The smallest absolute Gasteiger partial charge is 0.0682 e. The standard InChI is InChI=1S/C7H7IO.CH4O/c8-7-3-1-2-6(4-7)5-9;1-2/h1-4,9H,5H2;2H,1H3. The molecule has 0 aliphatic rings. The summed E-state index contributed by atoms with van der Waals surface area (Å²) in [5, 5.41) is 15.7. The molecule has 2 nitrogen and oxygen atoms in total. The highest BCUT2D eigenvalue weighted by molar-refractivity contribution is 14.1. The highest BCUT2D eigenvalue weighted by Crippen LogP contribution is 2.06. The first kappa shape index (κ1) is 10.9. The van der Waals surface area contributed by atoms with Gasteiger partial charge in [0.25, 0.3) is 0 Å². The Morgan fingerprint density at radius 2 is 2.00 bits per heavy atom. The number of aliphatic hydroxyl groups excluding tert-OH is 2. The second kappa shape index (κ2) is 6.57. The molecule has 0 aliphatic carbocycles. The van der Waals surface area contributed by atoms with Crippen LogP contribution in [0.15, 0.2) is 24.3 Å². The number of halogens is 1. The van der Waals surface area contributed by atoms with Gasteiger partial charge in [-0.15, -0.1) is 0 Å². The molecule has 11 heavy (non-hydrogen) atoms.